The summed E-state index contributed by atoms with van der Waals surface area (Å²) in [5.41, 5.74) is 3.01. The molecule has 0 unspecified atom stereocenters. The summed E-state index contributed by atoms with van der Waals surface area (Å²) in [5.74, 6) is 0.398. The third-order valence-corrected chi connectivity index (χ3v) is 4.78. The number of aryl methyl sites for hydroxylation is 2. The third-order valence-electron chi connectivity index (χ3n) is 4.78. The largest absolute Gasteiger partial charge is 0.507 e. The van der Waals surface area contributed by atoms with Crippen molar-refractivity contribution in [3.8, 4) is 5.75 Å². The molecular formula is C19H18N6O3. The van der Waals surface area contributed by atoms with Crippen molar-refractivity contribution >= 4 is 34.1 Å². The lowest BCUT2D eigenvalue weighted by molar-refractivity contribution is 0.475. The van der Waals surface area contributed by atoms with Crippen molar-refractivity contribution < 1.29 is 5.11 Å². The number of benzene rings is 2. The van der Waals surface area contributed by atoms with Crippen molar-refractivity contribution in [1.82, 2.24) is 18.7 Å². The number of aromatic nitrogens is 4. The molecule has 28 heavy (non-hydrogen) atoms. The normalized spacial score (nSPS) is 11.7. The Bertz CT molecular complexity index is 1380. The van der Waals surface area contributed by atoms with Gasteiger partial charge in [-0.2, -0.15) is 10.1 Å². The number of imidazole rings is 1. The molecule has 9 nitrogen and oxygen atoms in total. The minimum atomic E-state index is -0.452. The van der Waals surface area contributed by atoms with E-state index in [-0.39, 0.29) is 16.9 Å². The molecule has 2 N–H and O–H groups in total. The smallest absolute Gasteiger partial charge is 0.332 e. The van der Waals surface area contributed by atoms with Gasteiger partial charge >= 0.3 is 5.69 Å². The van der Waals surface area contributed by atoms with Crippen molar-refractivity contribution in [3.63, 3.8) is 0 Å². The molecule has 2 aromatic heterocycles. The average Bonchev–Trinajstić information content (AvgIpc) is 3.03. The van der Waals surface area contributed by atoms with Crippen LogP contribution in [0.4, 0.5) is 5.95 Å². The van der Waals surface area contributed by atoms with Gasteiger partial charge in [0.1, 0.15) is 5.75 Å². The van der Waals surface area contributed by atoms with Crippen LogP contribution in [0.1, 0.15) is 5.56 Å². The summed E-state index contributed by atoms with van der Waals surface area (Å²) in [6, 6.07) is 11.1. The molecule has 0 amide bonds. The summed E-state index contributed by atoms with van der Waals surface area (Å²) in [6.45, 7) is 0. The number of nitrogens with zero attached hydrogens (tertiary/aromatic N) is 5. The fraction of sp³-hybridized carbons (Fsp3) is 0.158. The molecule has 0 bridgehead atoms. The molecular weight excluding hydrogens is 360 g/mol. The minimum Gasteiger partial charge on any atom is -0.507 e. The molecule has 0 aliphatic carbocycles. The van der Waals surface area contributed by atoms with Crippen molar-refractivity contribution in [1.29, 1.82) is 0 Å². The zero-order valence-electron chi connectivity index (χ0n) is 15.5. The quantitative estimate of drug-likeness (QED) is 0.413. The van der Waals surface area contributed by atoms with Crippen LogP contribution in [0.5, 0.6) is 5.75 Å². The van der Waals surface area contributed by atoms with E-state index in [4.69, 9.17) is 0 Å². The summed E-state index contributed by atoms with van der Waals surface area (Å²) in [4.78, 5) is 28.8. The number of hydrazone groups is 1. The molecule has 0 atom stereocenters. The Labute approximate surface area is 158 Å². The molecule has 142 valence electrons. The highest BCUT2D eigenvalue weighted by molar-refractivity contribution is 6.02. The van der Waals surface area contributed by atoms with Gasteiger partial charge in [0.15, 0.2) is 11.2 Å². The molecule has 2 aromatic carbocycles. The Balaban J connectivity index is 1.77. The van der Waals surface area contributed by atoms with Gasteiger partial charge in [0.25, 0.3) is 5.56 Å². The second kappa shape index (κ2) is 6.38. The van der Waals surface area contributed by atoms with Gasteiger partial charge in [0.2, 0.25) is 5.95 Å². The van der Waals surface area contributed by atoms with Crippen LogP contribution >= 0.6 is 0 Å². The van der Waals surface area contributed by atoms with E-state index in [9.17, 15) is 14.7 Å². The standard InChI is InChI=1S/C19H18N6O3/c1-23-15-16(24(2)19(28)25(3)17(15)27)21-18(23)22-20-10-13-12-7-5-4-6-11(12)8-9-14(13)26/h4-10,26H,1-3H3,(H,21,22). The lowest BCUT2D eigenvalue weighted by Gasteiger charge is -2.05. The van der Waals surface area contributed by atoms with Gasteiger partial charge in [-0.15, -0.1) is 0 Å². The van der Waals surface area contributed by atoms with E-state index in [0.717, 1.165) is 15.3 Å². The Hall–Kier alpha value is -3.88. The summed E-state index contributed by atoms with van der Waals surface area (Å²) < 4.78 is 3.88. The molecule has 0 aliphatic heterocycles. The molecule has 0 saturated carbocycles. The molecule has 0 spiro atoms. The van der Waals surface area contributed by atoms with Gasteiger partial charge in [-0.05, 0) is 16.8 Å². The first-order valence-corrected chi connectivity index (χ1v) is 8.52. The number of phenols is 1. The fourth-order valence-corrected chi connectivity index (χ4v) is 3.19. The van der Waals surface area contributed by atoms with E-state index < -0.39 is 11.2 Å². The number of fused-ring (bicyclic) bond motifs is 2. The van der Waals surface area contributed by atoms with Crippen LogP contribution < -0.4 is 16.7 Å². The van der Waals surface area contributed by atoms with Crippen molar-refractivity contribution in [3.05, 3.63) is 62.8 Å². The van der Waals surface area contributed by atoms with Crippen LogP contribution in [-0.4, -0.2) is 30.0 Å². The van der Waals surface area contributed by atoms with Crippen LogP contribution in [0.15, 0.2) is 51.1 Å². The molecule has 0 saturated heterocycles. The monoisotopic (exact) mass is 378 g/mol. The average molecular weight is 378 g/mol. The van der Waals surface area contributed by atoms with E-state index in [1.54, 1.807) is 20.2 Å². The Morgan fingerprint density at radius 1 is 1.04 bits per heavy atom. The minimum absolute atomic E-state index is 0.102. The Morgan fingerprint density at radius 2 is 1.79 bits per heavy atom. The second-order valence-electron chi connectivity index (χ2n) is 6.46. The molecule has 2 heterocycles. The van der Waals surface area contributed by atoms with Crippen LogP contribution in [0.3, 0.4) is 0 Å². The van der Waals surface area contributed by atoms with Crippen molar-refractivity contribution in [2.75, 3.05) is 5.43 Å². The van der Waals surface area contributed by atoms with Gasteiger partial charge < -0.3 is 9.67 Å². The number of nitrogens with one attached hydrogen (secondary N) is 1. The predicted octanol–water partition coefficient (Wildman–Crippen LogP) is 1.28. The SMILES string of the molecule is Cn1c(=O)c2c(nc(NN=Cc3c(O)ccc4ccccc34)n2C)n(C)c1=O. The highest BCUT2D eigenvalue weighted by Gasteiger charge is 2.16. The molecule has 0 aliphatic rings. The maximum absolute atomic E-state index is 12.4. The van der Waals surface area contributed by atoms with Crippen LogP contribution in [0.2, 0.25) is 0 Å². The van der Waals surface area contributed by atoms with Crippen LogP contribution in [0.25, 0.3) is 21.9 Å². The summed E-state index contributed by atoms with van der Waals surface area (Å²) >= 11 is 0. The van der Waals surface area contributed by atoms with Crippen LogP contribution in [-0.2, 0) is 21.1 Å². The number of phenolic OH excluding ortho intramolecular Hbond substituents is 1. The first-order valence-electron chi connectivity index (χ1n) is 8.52. The molecule has 9 heteroatoms. The van der Waals surface area contributed by atoms with Gasteiger partial charge in [-0.1, -0.05) is 30.3 Å². The van der Waals surface area contributed by atoms with Crippen molar-refractivity contribution in [2.24, 2.45) is 26.2 Å². The molecule has 4 aromatic rings. The van der Waals surface area contributed by atoms with Gasteiger partial charge in [0, 0.05) is 26.7 Å². The van der Waals surface area contributed by atoms with E-state index >= 15 is 0 Å². The Morgan fingerprint density at radius 3 is 2.57 bits per heavy atom. The summed E-state index contributed by atoms with van der Waals surface area (Å²) in [7, 11) is 4.64. The zero-order valence-corrected chi connectivity index (χ0v) is 15.5. The number of hydrogen-bond donors (Lipinski definition) is 2. The molecule has 0 fully saturated rings. The third kappa shape index (κ3) is 2.56. The van der Waals surface area contributed by atoms with E-state index in [1.165, 1.54) is 22.4 Å². The maximum Gasteiger partial charge on any atom is 0.332 e. The summed E-state index contributed by atoms with van der Waals surface area (Å²) in [5, 5.41) is 16.2. The molecule has 0 radical (unpaired) electrons. The first kappa shape index (κ1) is 17.5. The predicted molar refractivity (Wildman–Crippen MR) is 108 cm³/mol. The topological polar surface area (TPSA) is 106 Å². The second-order valence-corrected chi connectivity index (χ2v) is 6.46. The highest BCUT2D eigenvalue weighted by atomic mass is 16.3. The fourth-order valence-electron chi connectivity index (χ4n) is 3.19. The van der Waals surface area contributed by atoms with Gasteiger partial charge in [-0.3, -0.25) is 13.9 Å². The van der Waals surface area contributed by atoms with Crippen molar-refractivity contribution in [2.45, 2.75) is 0 Å². The maximum atomic E-state index is 12.4. The van der Waals surface area contributed by atoms with Gasteiger partial charge in [-0.25, -0.2) is 10.2 Å². The van der Waals surface area contributed by atoms with E-state index in [1.807, 2.05) is 30.3 Å². The first-order chi connectivity index (χ1) is 13.4. The van der Waals surface area contributed by atoms with E-state index in [2.05, 4.69) is 15.5 Å². The number of rotatable bonds is 3. The summed E-state index contributed by atoms with van der Waals surface area (Å²) in [6.07, 6.45) is 1.49. The molecule has 4 rings (SSSR count). The number of hydrogen-bond acceptors (Lipinski definition) is 6. The lowest BCUT2D eigenvalue weighted by atomic mass is 10.0. The lowest BCUT2D eigenvalue weighted by Crippen LogP contribution is -2.37. The van der Waals surface area contributed by atoms with Crippen LogP contribution in [0, 0.1) is 0 Å². The number of anilines is 1. The zero-order chi connectivity index (χ0) is 20.0. The van der Waals surface area contributed by atoms with E-state index in [0.29, 0.717) is 11.5 Å². The Kier molecular flexibility index (Phi) is 3.99. The highest BCUT2D eigenvalue weighted by Crippen LogP contribution is 2.25. The number of aromatic hydroxyl groups is 1. The van der Waals surface area contributed by atoms with Gasteiger partial charge in [0.05, 0.1) is 6.21 Å².